The summed E-state index contributed by atoms with van der Waals surface area (Å²) in [5.41, 5.74) is 1.88. The predicted molar refractivity (Wildman–Crippen MR) is 80.5 cm³/mol. The summed E-state index contributed by atoms with van der Waals surface area (Å²) in [4.78, 5) is 8.57. The smallest absolute Gasteiger partial charge is 0.220 e. The molecule has 5 heteroatoms. The summed E-state index contributed by atoms with van der Waals surface area (Å²) in [5, 5.41) is 10.4. The number of aromatic nitrogens is 2. The lowest BCUT2D eigenvalue weighted by Crippen LogP contribution is -1.93. The number of aryl methyl sites for hydroxylation is 1. The van der Waals surface area contributed by atoms with Crippen molar-refractivity contribution >= 4 is 22.5 Å². The van der Waals surface area contributed by atoms with Crippen LogP contribution in [0, 0.1) is 18.3 Å². The van der Waals surface area contributed by atoms with Gasteiger partial charge in [-0.05, 0) is 37.3 Å². The first-order valence-electron chi connectivity index (χ1n) is 6.27. The summed E-state index contributed by atoms with van der Waals surface area (Å²) in [6.45, 7) is 1.81. The molecule has 0 fully saturated rings. The second kappa shape index (κ2) is 5.39. The Balaban J connectivity index is 2.09. The third kappa shape index (κ3) is 2.64. The topological polar surface area (TPSA) is 58.8 Å². The largest absolute Gasteiger partial charge is 0.437 e. The molecule has 4 nitrogen and oxygen atoms in total. The van der Waals surface area contributed by atoms with E-state index in [0.29, 0.717) is 27.7 Å². The molecule has 0 amide bonds. The summed E-state index contributed by atoms with van der Waals surface area (Å²) in [7, 11) is 0. The number of hydrogen-bond donors (Lipinski definition) is 0. The molecule has 2 heterocycles. The highest BCUT2D eigenvalue weighted by atomic mass is 35.5. The van der Waals surface area contributed by atoms with Crippen LogP contribution in [-0.4, -0.2) is 9.97 Å². The van der Waals surface area contributed by atoms with Crippen molar-refractivity contribution in [2.24, 2.45) is 0 Å². The zero-order chi connectivity index (χ0) is 14.8. The summed E-state index contributed by atoms with van der Waals surface area (Å²) < 4.78 is 5.79. The van der Waals surface area contributed by atoms with Crippen molar-refractivity contribution in [2.45, 2.75) is 6.92 Å². The fourth-order valence-corrected chi connectivity index (χ4v) is 2.28. The van der Waals surface area contributed by atoms with Crippen LogP contribution in [0.5, 0.6) is 11.6 Å². The average Bonchev–Trinajstić information content (AvgIpc) is 2.50. The maximum absolute atomic E-state index is 9.00. The van der Waals surface area contributed by atoms with E-state index in [2.05, 4.69) is 16.0 Å². The molecule has 0 aliphatic carbocycles. The number of nitriles is 1. The standard InChI is InChI=1S/C16H10ClN3O/c1-10-7-11(9-18)8-15(20-10)21-14-5-4-13(17)12-3-2-6-19-16(12)14/h2-8H,1H3. The van der Waals surface area contributed by atoms with E-state index in [9.17, 15) is 0 Å². The minimum Gasteiger partial charge on any atom is -0.437 e. The number of benzene rings is 1. The summed E-state index contributed by atoms with van der Waals surface area (Å²) in [5.74, 6) is 0.915. The maximum Gasteiger partial charge on any atom is 0.220 e. The quantitative estimate of drug-likeness (QED) is 0.709. The maximum atomic E-state index is 9.00. The van der Waals surface area contributed by atoms with E-state index in [-0.39, 0.29) is 0 Å². The fraction of sp³-hybridized carbons (Fsp3) is 0.0625. The number of rotatable bonds is 2. The lowest BCUT2D eigenvalue weighted by Gasteiger charge is -2.09. The van der Waals surface area contributed by atoms with Gasteiger partial charge in [0.15, 0.2) is 5.75 Å². The average molecular weight is 296 g/mol. The Morgan fingerprint density at radius 3 is 2.90 bits per heavy atom. The molecule has 0 atom stereocenters. The van der Waals surface area contributed by atoms with Crippen LogP contribution in [0.1, 0.15) is 11.3 Å². The van der Waals surface area contributed by atoms with Crippen LogP contribution in [0.3, 0.4) is 0 Å². The van der Waals surface area contributed by atoms with Gasteiger partial charge in [-0.3, -0.25) is 4.98 Å². The van der Waals surface area contributed by atoms with E-state index >= 15 is 0 Å². The van der Waals surface area contributed by atoms with Crippen molar-refractivity contribution in [1.29, 1.82) is 5.26 Å². The SMILES string of the molecule is Cc1cc(C#N)cc(Oc2ccc(Cl)c3cccnc23)n1. The number of pyridine rings is 2. The number of ether oxygens (including phenoxy) is 1. The van der Waals surface area contributed by atoms with E-state index in [1.807, 2.05) is 19.1 Å². The summed E-state index contributed by atoms with van der Waals surface area (Å²) in [6.07, 6.45) is 1.68. The molecule has 0 saturated heterocycles. The molecule has 0 aliphatic rings. The monoisotopic (exact) mass is 295 g/mol. The number of fused-ring (bicyclic) bond motifs is 1. The van der Waals surface area contributed by atoms with Gasteiger partial charge in [0, 0.05) is 23.3 Å². The van der Waals surface area contributed by atoms with Crippen LogP contribution >= 0.6 is 11.6 Å². The van der Waals surface area contributed by atoms with E-state index in [1.165, 1.54) is 0 Å². The third-order valence-corrected chi connectivity index (χ3v) is 3.28. The second-order valence-electron chi connectivity index (χ2n) is 4.49. The Bertz CT molecular complexity index is 871. The first kappa shape index (κ1) is 13.3. The minimum atomic E-state index is 0.362. The van der Waals surface area contributed by atoms with E-state index in [0.717, 1.165) is 11.1 Å². The van der Waals surface area contributed by atoms with Gasteiger partial charge in [-0.25, -0.2) is 4.98 Å². The summed E-state index contributed by atoms with van der Waals surface area (Å²) in [6, 6.07) is 12.6. The summed E-state index contributed by atoms with van der Waals surface area (Å²) >= 11 is 6.15. The molecular weight excluding hydrogens is 286 g/mol. The van der Waals surface area contributed by atoms with Crippen molar-refractivity contribution in [3.05, 3.63) is 58.9 Å². The van der Waals surface area contributed by atoms with Crippen LogP contribution in [0.25, 0.3) is 10.9 Å². The number of nitrogens with zero attached hydrogens (tertiary/aromatic N) is 3. The molecule has 0 bridgehead atoms. The van der Waals surface area contributed by atoms with Gasteiger partial charge in [0.1, 0.15) is 5.52 Å². The van der Waals surface area contributed by atoms with Crippen LogP contribution < -0.4 is 4.74 Å². The van der Waals surface area contributed by atoms with Crippen LogP contribution in [0.2, 0.25) is 5.02 Å². The number of halogens is 1. The first-order chi connectivity index (χ1) is 10.2. The van der Waals surface area contributed by atoms with Crippen molar-refractivity contribution in [3.63, 3.8) is 0 Å². The molecule has 0 spiro atoms. The van der Waals surface area contributed by atoms with Gasteiger partial charge < -0.3 is 4.74 Å². The molecule has 0 N–H and O–H groups in total. The van der Waals surface area contributed by atoms with E-state index < -0.39 is 0 Å². The minimum absolute atomic E-state index is 0.362. The van der Waals surface area contributed by atoms with Crippen molar-refractivity contribution in [3.8, 4) is 17.7 Å². The molecule has 0 unspecified atom stereocenters. The van der Waals surface area contributed by atoms with Crippen molar-refractivity contribution in [1.82, 2.24) is 9.97 Å². The highest BCUT2D eigenvalue weighted by Gasteiger charge is 2.09. The Labute approximate surface area is 126 Å². The van der Waals surface area contributed by atoms with Gasteiger partial charge in [-0.2, -0.15) is 5.26 Å². The van der Waals surface area contributed by atoms with Gasteiger partial charge in [0.05, 0.1) is 16.7 Å². The molecule has 3 aromatic rings. The van der Waals surface area contributed by atoms with E-state index in [4.69, 9.17) is 21.6 Å². The van der Waals surface area contributed by atoms with Gasteiger partial charge >= 0.3 is 0 Å². The molecular formula is C16H10ClN3O. The zero-order valence-corrected chi connectivity index (χ0v) is 11.9. The van der Waals surface area contributed by atoms with Gasteiger partial charge in [0.25, 0.3) is 0 Å². The Kier molecular flexibility index (Phi) is 3.43. The highest BCUT2D eigenvalue weighted by Crippen LogP contribution is 2.32. The van der Waals surface area contributed by atoms with Gasteiger partial charge in [-0.1, -0.05) is 11.6 Å². The van der Waals surface area contributed by atoms with Crippen molar-refractivity contribution < 1.29 is 4.74 Å². The lowest BCUT2D eigenvalue weighted by atomic mass is 10.2. The van der Waals surface area contributed by atoms with E-state index in [1.54, 1.807) is 30.5 Å². The zero-order valence-electron chi connectivity index (χ0n) is 11.2. The molecule has 0 saturated carbocycles. The second-order valence-corrected chi connectivity index (χ2v) is 4.90. The Morgan fingerprint density at radius 1 is 1.24 bits per heavy atom. The lowest BCUT2D eigenvalue weighted by molar-refractivity contribution is 0.465. The Morgan fingerprint density at radius 2 is 2.10 bits per heavy atom. The van der Waals surface area contributed by atoms with Crippen LogP contribution in [0.4, 0.5) is 0 Å². The van der Waals surface area contributed by atoms with Crippen LogP contribution in [0.15, 0.2) is 42.6 Å². The molecule has 0 aliphatic heterocycles. The Hall–Kier alpha value is -2.64. The first-order valence-corrected chi connectivity index (χ1v) is 6.65. The normalized spacial score (nSPS) is 10.3. The highest BCUT2D eigenvalue weighted by molar-refractivity contribution is 6.35. The van der Waals surface area contributed by atoms with Crippen LogP contribution in [-0.2, 0) is 0 Å². The molecule has 2 aromatic heterocycles. The van der Waals surface area contributed by atoms with Gasteiger partial charge in [-0.15, -0.1) is 0 Å². The third-order valence-electron chi connectivity index (χ3n) is 2.95. The van der Waals surface area contributed by atoms with Gasteiger partial charge in [0.2, 0.25) is 5.88 Å². The predicted octanol–water partition coefficient (Wildman–Crippen LogP) is 4.26. The molecule has 0 radical (unpaired) electrons. The molecule has 1 aromatic carbocycles. The number of hydrogen-bond acceptors (Lipinski definition) is 4. The molecule has 3 rings (SSSR count). The molecule has 21 heavy (non-hydrogen) atoms. The van der Waals surface area contributed by atoms with Crippen molar-refractivity contribution in [2.75, 3.05) is 0 Å². The molecule has 102 valence electrons. The fourth-order valence-electron chi connectivity index (χ4n) is 2.06.